The molecular formula is C10H20S. The molecule has 11 heavy (non-hydrogen) atoms. The third-order valence-corrected chi connectivity index (χ3v) is 2.98. The summed E-state index contributed by atoms with van der Waals surface area (Å²) in [6.45, 7) is 6.57. The Bertz CT molecular complexity index is 105. The van der Waals surface area contributed by atoms with Crippen molar-refractivity contribution in [3.05, 3.63) is 11.6 Å². The van der Waals surface area contributed by atoms with Gasteiger partial charge in [0.2, 0.25) is 0 Å². The largest absolute Gasteiger partial charge is 0.162 e. The first-order valence-corrected chi connectivity index (χ1v) is 5.66. The van der Waals surface area contributed by atoms with Gasteiger partial charge in [-0.3, -0.25) is 0 Å². The van der Waals surface area contributed by atoms with Crippen molar-refractivity contribution in [3.8, 4) is 0 Å². The van der Waals surface area contributed by atoms with Gasteiger partial charge in [-0.05, 0) is 44.6 Å². The van der Waals surface area contributed by atoms with Crippen LogP contribution in [0.5, 0.6) is 0 Å². The van der Waals surface area contributed by atoms with Gasteiger partial charge in [-0.15, -0.1) is 0 Å². The van der Waals surface area contributed by atoms with Crippen molar-refractivity contribution in [2.24, 2.45) is 0 Å². The highest BCUT2D eigenvalue weighted by Gasteiger charge is 1.89. The molecule has 0 aliphatic rings. The molecule has 0 spiro atoms. The van der Waals surface area contributed by atoms with Gasteiger partial charge in [0.05, 0.1) is 0 Å². The Kier molecular flexibility index (Phi) is 8.26. The van der Waals surface area contributed by atoms with Gasteiger partial charge in [-0.25, -0.2) is 0 Å². The lowest BCUT2D eigenvalue weighted by atomic mass is 10.2. The molecule has 0 atom stereocenters. The predicted molar refractivity (Wildman–Crippen MR) is 56.3 cm³/mol. The molecule has 66 valence electrons. The SMILES string of the molecule is CC=C(C)CCCSCCC. The standard InChI is InChI=1S/C10H20S/c1-4-8-11-9-6-7-10(3)5-2/h5H,4,6-9H2,1-3H3. The van der Waals surface area contributed by atoms with E-state index in [0.29, 0.717) is 0 Å². The van der Waals surface area contributed by atoms with Gasteiger partial charge in [0, 0.05) is 0 Å². The topological polar surface area (TPSA) is 0 Å². The first-order valence-electron chi connectivity index (χ1n) is 4.50. The quantitative estimate of drug-likeness (QED) is 0.433. The van der Waals surface area contributed by atoms with Crippen LogP contribution < -0.4 is 0 Å². The Morgan fingerprint density at radius 2 is 2.09 bits per heavy atom. The molecule has 0 aliphatic heterocycles. The summed E-state index contributed by atoms with van der Waals surface area (Å²) >= 11 is 2.08. The predicted octanol–water partition coefficient (Wildman–Crippen LogP) is 3.88. The molecule has 0 amide bonds. The molecular weight excluding hydrogens is 152 g/mol. The van der Waals surface area contributed by atoms with Crippen molar-refractivity contribution >= 4 is 11.8 Å². The summed E-state index contributed by atoms with van der Waals surface area (Å²) < 4.78 is 0. The Labute approximate surface area is 75.5 Å². The number of rotatable bonds is 6. The van der Waals surface area contributed by atoms with Crippen molar-refractivity contribution in [2.45, 2.75) is 40.0 Å². The molecule has 0 aromatic rings. The third kappa shape index (κ3) is 7.99. The van der Waals surface area contributed by atoms with Crippen molar-refractivity contribution in [2.75, 3.05) is 11.5 Å². The van der Waals surface area contributed by atoms with Gasteiger partial charge in [-0.2, -0.15) is 11.8 Å². The highest BCUT2D eigenvalue weighted by atomic mass is 32.2. The van der Waals surface area contributed by atoms with Crippen LogP contribution >= 0.6 is 11.8 Å². The normalized spacial score (nSPS) is 12.1. The smallest absolute Gasteiger partial charge is 0.00645 e. The van der Waals surface area contributed by atoms with Crippen LogP contribution in [0.1, 0.15) is 40.0 Å². The maximum absolute atomic E-state index is 2.24. The zero-order valence-electron chi connectivity index (χ0n) is 8.02. The fourth-order valence-corrected chi connectivity index (χ4v) is 1.69. The monoisotopic (exact) mass is 172 g/mol. The van der Waals surface area contributed by atoms with E-state index < -0.39 is 0 Å². The lowest BCUT2D eigenvalue weighted by molar-refractivity contribution is 0.912. The fourth-order valence-electron chi connectivity index (χ4n) is 0.844. The molecule has 0 nitrogen and oxygen atoms in total. The van der Waals surface area contributed by atoms with Crippen molar-refractivity contribution < 1.29 is 0 Å². The van der Waals surface area contributed by atoms with Gasteiger partial charge in [0.25, 0.3) is 0 Å². The zero-order valence-corrected chi connectivity index (χ0v) is 8.84. The van der Waals surface area contributed by atoms with E-state index in [2.05, 4.69) is 38.6 Å². The van der Waals surface area contributed by atoms with Gasteiger partial charge in [0.1, 0.15) is 0 Å². The average Bonchev–Trinajstić information content (AvgIpc) is 2.04. The first kappa shape index (κ1) is 11.1. The molecule has 0 N–H and O–H groups in total. The molecule has 0 saturated heterocycles. The summed E-state index contributed by atoms with van der Waals surface area (Å²) in [5.74, 6) is 2.66. The van der Waals surface area contributed by atoms with E-state index in [0.717, 1.165) is 0 Å². The average molecular weight is 172 g/mol. The molecule has 0 rings (SSSR count). The fraction of sp³-hybridized carbons (Fsp3) is 0.800. The minimum absolute atomic E-state index is 1.28. The molecule has 0 aliphatic carbocycles. The van der Waals surface area contributed by atoms with E-state index in [4.69, 9.17) is 0 Å². The molecule has 0 radical (unpaired) electrons. The second kappa shape index (κ2) is 8.19. The zero-order chi connectivity index (χ0) is 8.53. The Morgan fingerprint density at radius 1 is 1.36 bits per heavy atom. The molecule has 0 heterocycles. The summed E-state index contributed by atoms with van der Waals surface area (Å²) in [6, 6.07) is 0. The third-order valence-electron chi connectivity index (χ3n) is 1.70. The lowest BCUT2D eigenvalue weighted by Gasteiger charge is -1.99. The minimum Gasteiger partial charge on any atom is -0.162 e. The molecule has 1 heteroatoms. The van der Waals surface area contributed by atoms with E-state index in [1.54, 1.807) is 0 Å². The summed E-state index contributed by atoms with van der Waals surface area (Å²) in [7, 11) is 0. The van der Waals surface area contributed by atoms with E-state index in [-0.39, 0.29) is 0 Å². The summed E-state index contributed by atoms with van der Waals surface area (Å²) in [5.41, 5.74) is 1.53. The summed E-state index contributed by atoms with van der Waals surface area (Å²) in [4.78, 5) is 0. The molecule has 0 unspecified atom stereocenters. The Hall–Kier alpha value is 0.0900. The van der Waals surface area contributed by atoms with Gasteiger partial charge < -0.3 is 0 Å². The first-order chi connectivity index (χ1) is 5.31. The van der Waals surface area contributed by atoms with E-state index in [1.165, 1.54) is 36.3 Å². The number of hydrogen-bond donors (Lipinski definition) is 0. The molecule has 0 aromatic carbocycles. The van der Waals surface area contributed by atoms with Gasteiger partial charge in [-0.1, -0.05) is 18.6 Å². The number of hydrogen-bond acceptors (Lipinski definition) is 1. The van der Waals surface area contributed by atoms with Crippen LogP contribution in [0.4, 0.5) is 0 Å². The maximum Gasteiger partial charge on any atom is -0.00645 e. The van der Waals surface area contributed by atoms with Crippen molar-refractivity contribution in [1.29, 1.82) is 0 Å². The van der Waals surface area contributed by atoms with Crippen LogP contribution in [0.3, 0.4) is 0 Å². The van der Waals surface area contributed by atoms with Crippen LogP contribution in [0.25, 0.3) is 0 Å². The molecule has 0 fully saturated rings. The van der Waals surface area contributed by atoms with Crippen LogP contribution in [0, 0.1) is 0 Å². The van der Waals surface area contributed by atoms with E-state index in [1.807, 2.05) is 0 Å². The molecule has 0 bridgehead atoms. The minimum atomic E-state index is 1.28. The van der Waals surface area contributed by atoms with Crippen molar-refractivity contribution in [1.82, 2.24) is 0 Å². The van der Waals surface area contributed by atoms with Crippen LogP contribution in [-0.4, -0.2) is 11.5 Å². The van der Waals surface area contributed by atoms with E-state index in [9.17, 15) is 0 Å². The number of allylic oxidation sites excluding steroid dienone is 2. The Balaban J connectivity index is 3.02. The van der Waals surface area contributed by atoms with Crippen LogP contribution in [-0.2, 0) is 0 Å². The highest BCUT2D eigenvalue weighted by Crippen LogP contribution is 2.09. The van der Waals surface area contributed by atoms with Crippen LogP contribution in [0.2, 0.25) is 0 Å². The second-order valence-corrected chi connectivity index (χ2v) is 4.08. The molecule has 0 saturated carbocycles. The lowest BCUT2D eigenvalue weighted by Crippen LogP contribution is -1.83. The van der Waals surface area contributed by atoms with E-state index >= 15 is 0 Å². The van der Waals surface area contributed by atoms with Gasteiger partial charge in [0.15, 0.2) is 0 Å². The van der Waals surface area contributed by atoms with Crippen LogP contribution in [0.15, 0.2) is 11.6 Å². The Morgan fingerprint density at radius 3 is 2.64 bits per heavy atom. The second-order valence-electron chi connectivity index (χ2n) is 2.85. The summed E-state index contributed by atoms with van der Waals surface area (Å²) in [6.07, 6.45) is 6.16. The van der Waals surface area contributed by atoms with Crippen molar-refractivity contribution in [3.63, 3.8) is 0 Å². The maximum atomic E-state index is 2.24. The highest BCUT2D eigenvalue weighted by molar-refractivity contribution is 7.99. The van der Waals surface area contributed by atoms with Gasteiger partial charge >= 0.3 is 0 Å². The molecule has 0 aromatic heterocycles. The summed E-state index contributed by atoms with van der Waals surface area (Å²) in [5, 5.41) is 0. The number of thioether (sulfide) groups is 1.